The predicted octanol–water partition coefficient (Wildman–Crippen LogP) is 3.79. The third-order valence-electron chi connectivity index (χ3n) is 7.86. The minimum absolute atomic E-state index is 0.0524. The molecule has 2 heterocycles. The summed E-state index contributed by atoms with van der Waals surface area (Å²) in [5.41, 5.74) is 1.60. The van der Waals surface area contributed by atoms with Gasteiger partial charge in [-0.1, -0.05) is 43.2 Å². The molecule has 4 unspecified atom stereocenters. The summed E-state index contributed by atoms with van der Waals surface area (Å²) in [6.07, 6.45) is 5.00. The number of likely N-dealkylation sites (tertiary alicyclic amines) is 1. The molecule has 2 saturated heterocycles. The van der Waals surface area contributed by atoms with E-state index in [2.05, 4.69) is 10.2 Å². The number of hydrogen-bond donors (Lipinski definition) is 1. The van der Waals surface area contributed by atoms with Crippen LogP contribution < -0.4 is 5.32 Å². The van der Waals surface area contributed by atoms with Crippen LogP contribution >= 0.6 is 0 Å². The molecule has 0 radical (unpaired) electrons. The molecule has 0 bridgehead atoms. The summed E-state index contributed by atoms with van der Waals surface area (Å²) in [6, 6.07) is 15.4. The van der Waals surface area contributed by atoms with E-state index in [0.717, 1.165) is 44.3 Å². The number of rotatable bonds is 6. The third kappa shape index (κ3) is 5.26. The van der Waals surface area contributed by atoms with Crippen LogP contribution in [0.5, 0.6) is 0 Å². The molecule has 35 heavy (non-hydrogen) atoms. The van der Waals surface area contributed by atoms with Gasteiger partial charge in [0.2, 0.25) is 5.91 Å². The topological polar surface area (TPSA) is 61.9 Å². The predicted molar refractivity (Wildman–Crippen MR) is 131 cm³/mol. The highest BCUT2D eigenvalue weighted by Crippen LogP contribution is 2.40. The van der Waals surface area contributed by atoms with Gasteiger partial charge in [0.05, 0.1) is 19.3 Å². The Morgan fingerprint density at radius 2 is 1.71 bits per heavy atom. The molecule has 5 rings (SSSR count). The molecule has 6 nitrogen and oxygen atoms in total. The van der Waals surface area contributed by atoms with Gasteiger partial charge in [0.25, 0.3) is 5.91 Å². The molecule has 0 spiro atoms. The van der Waals surface area contributed by atoms with Crippen molar-refractivity contribution in [3.05, 3.63) is 71.5 Å². The van der Waals surface area contributed by atoms with Gasteiger partial charge in [-0.25, -0.2) is 4.39 Å². The molecule has 3 fully saturated rings. The van der Waals surface area contributed by atoms with E-state index in [-0.39, 0.29) is 29.7 Å². The molecular formula is C28H34FN3O3. The summed E-state index contributed by atoms with van der Waals surface area (Å²) in [7, 11) is 0. The SMILES string of the molecule is O=C(NCC(c1ccc(F)cc1)N1CCOCC1)C1CC2CCCCC2N1C(=O)c1ccccc1. The van der Waals surface area contributed by atoms with Crippen molar-refractivity contribution in [2.24, 2.45) is 5.92 Å². The number of carbonyl (C=O) groups excluding carboxylic acids is 2. The number of nitrogens with zero attached hydrogens (tertiary/aromatic N) is 2. The zero-order valence-corrected chi connectivity index (χ0v) is 20.1. The van der Waals surface area contributed by atoms with Crippen molar-refractivity contribution in [1.29, 1.82) is 0 Å². The number of ether oxygens (including phenoxy) is 1. The van der Waals surface area contributed by atoms with Crippen LogP contribution in [0.4, 0.5) is 4.39 Å². The average molecular weight is 480 g/mol. The molecule has 186 valence electrons. The molecule has 1 N–H and O–H groups in total. The lowest BCUT2D eigenvalue weighted by molar-refractivity contribution is -0.125. The van der Waals surface area contributed by atoms with E-state index >= 15 is 0 Å². The van der Waals surface area contributed by atoms with Gasteiger partial charge in [0, 0.05) is 31.2 Å². The van der Waals surface area contributed by atoms with Crippen LogP contribution in [0.3, 0.4) is 0 Å². The zero-order chi connectivity index (χ0) is 24.2. The maximum atomic E-state index is 13.6. The van der Waals surface area contributed by atoms with Crippen LogP contribution in [0.1, 0.15) is 54.1 Å². The number of hydrogen-bond acceptors (Lipinski definition) is 4. The van der Waals surface area contributed by atoms with Crippen molar-refractivity contribution in [2.45, 2.75) is 50.2 Å². The highest BCUT2D eigenvalue weighted by Gasteiger charge is 2.47. The highest BCUT2D eigenvalue weighted by atomic mass is 19.1. The lowest BCUT2D eigenvalue weighted by Gasteiger charge is -2.36. The fraction of sp³-hybridized carbons (Fsp3) is 0.500. The standard InChI is InChI=1S/C28H34FN3O3/c29-23-12-10-20(11-13-23)26(31-14-16-35-17-15-31)19-30-27(33)25-18-22-8-4-5-9-24(22)32(25)28(34)21-6-2-1-3-7-21/h1-3,6-7,10-13,22,24-26H,4-5,8-9,14-19H2,(H,30,33). The molecule has 2 aromatic rings. The fourth-order valence-corrected chi connectivity index (χ4v) is 6.06. The van der Waals surface area contributed by atoms with Gasteiger partial charge >= 0.3 is 0 Å². The van der Waals surface area contributed by atoms with Crippen LogP contribution in [0, 0.1) is 11.7 Å². The molecule has 2 aliphatic heterocycles. The molecule has 0 aromatic heterocycles. The number of amides is 2. The Hall–Kier alpha value is -2.77. The lowest BCUT2D eigenvalue weighted by Crippen LogP contribution is -2.51. The molecule has 4 atom stereocenters. The second-order valence-electron chi connectivity index (χ2n) is 9.90. The Labute approximate surface area is 206 Å². The van der Waals surface area contributed by atoms with Gasteiger partial charge < -0.3 is 15.0 Å². The van der Waals surface area contributed by atoms with Crippen molar-refractivity contribution in [2.75, 3.05) is 32.8 Å². The van der Waals surface area contributed by atoms with Crippen molar-refractivity contribution < 1.29 is 18.7 Å². The summed E-state index contributed by atoms with van der Waals surface area (Å²) in [5.74, 6) is -0.0473. The van der Waals surface area contributed by atoms with E-state index in [1.807, 2.05) is 35.2 Å². The van der Waals surface area contributed by atoms with Gasteiger partial charge in [-0.3, -0.25) is 14.5 Å². The van der Waals surface area contributed by atoms with Crippen LogP contribution in [-0.2, 0) is 9.53 Å². The molecule has 1 aliphatic carbocycles. The summed E-state index contributed by atoms with van der Waals surface area (Å²) in [4.78, 5) is 31.3. The number of halogens is 1. The third-order valence-corrected chi connectivity index (χ3v) is 7.86. The first-order chi connectivity index (χ1) is 17.1. The summed E-state index contributed by atoms with van der Waals surface area (Å²) in [5, 5.41) is 3.17. The first-order valence-electron chi connectivity index (χ1n) is 12.8. The Balaban J connectivity index is 1.34. The monoisotopic (exact) mass is 479 g/mol. The van der Waals surface area contributed by atoms with E-state index in [0.29, 0.717) is 37.7 Å². The van der Waals surface area contributed by atoms with E-state index in [4.69, 9.17) is 4.74 Å². The van der Waals surface area contributed by atoms with E-state index in [1.54, 1.807) is 12.1 Å². The highest BCUT2D eigenvalue weighted by molar-refractivity contribution is 5.98. The number of nitrogens with one attached hydrogen (secondary N) is 1. The summed E-state index contributed by atoms with van der Waals surface area (Å²) < 4.78 is 19.1. The molecular weight excluding hydrogens is 445 g/mol. The van der Waals surface area contributed by atoms with Crippen LogP contribution in [-0.4, -0.2) is 66.5 Å². The van der Waals surface area contributed by atoms with Crippen molar-refractivity contribution in [1.82, 2.24) is 15.1 Å². The van der Waals surface area contributed by atoms with Crippen molar-refractivity contribution >= 4 is 11.8 Å². The molecule has 1 saturated carbocycles. The number of carbonyl (C=O) groups is 2. The Kier molecular flexibility index (Phi) is 7.44. The van der Waals surface area contributed by atoms with E-state index in [1.165, 1.54) is 12.1 Å². The van der Waals surface area contributed by atoms with Gasteiger partial charge in [0.1, 0.15) is 11.9 Å². The summed E-state index contributed by atoms with van der Waals surface area (Å²) >= 11 is 0. The second-order valence-corrected chi connectivity index (χ2v) is 9.90. The first kappa shape index (κ1) is 23.9. The van der Waals surface area contributed by atoms with Crippen molar-refractivity contribution in [3.8, 4) is 0 Å². The van der Waals surface area contributed by atoms with E-state index < -0.39 is 6.04 Å². The van der Waals surface area contributed by atoms with Crippen LogP contribution in [0.15, 0.2) is 54.6 Å². The Morgan fingerprint density at radius 1 is 1.00 bits per heavy atom. The van der Waals surface area contributed by atoms with Crippen LogP contribution in [0.25, 0.3) is 0 Å². The summed E-state index contributed by atoms with van der Waals surface area (Å²) in [6.45, 7) is 3.19. The number of fused-ring (bicyclic) bond motifs is 1. The van der Waals surface area contributed by atoms with E-state index in [9.17, 15) is 14.0 Å². The molecule has 3 aliphatic rings. The maximum Gasteiger partial charge on any atom is 0.254 e. The van der Waals surface area contributed by atoms with Crippen LogP contribution in [0.2, 0.25) is 0 Å². The fourth-order valence-electron chi connectivity index (χ4n) is 6.06. The zero-order valence-electron chi connectivity index (χ0n) is 20.1. The largest absolute Gasteiger partial charge is 0.379 e. The number of morpholine rings is 1. The minimum atomic E-state index is -0.464. The second kappa shape index (κ2) is 10.9. The normalized spacial score (nSPS) is 25.6. The van der Waals surface area contributed by atoms with Gasteiger partial charge in [0.15, 0.2) is 0 Å². The molecule has 2 amide bonds. The van der Waals surface area contributed by atoms with Gasteiger partial charge in [-0.05, 0) is 55.0 Å². The Morgan fingerprint density at radius 3 is 2.46 bits per heavy atom. The Bertz CT molecular complexity index is 1010. The number of benzene rings is 2. The smallest absolute Gasteiger partial charge is 0.254 e. The van der Waals surface area contributed by atoms with Gasteiger partial charge in [-0.15, -0.1) is 0 Å². The quantitative estimate of drug-likeness (QED) is 0.685. The molecule has 2 aromatic carbocycles. The average Bonchev–Trinajstić information content (AvgIpc) is 3.30. The van der Waals surface area contributed by atoms with Gasteiger partial charge in [-0.2, -0.15) is 0 Å². The molecule has 7 heteroatoms. The maximum absolute atomic E-state index is 13.6. The first-order valence-corrected chi connectivity index (χ1v) is 12.8. The minimum Gasteiger partial charge on any atom is -0.379 e. The van der Waals surface area contributed by atoms with Crippen molar-refractivity contribution in [3.63, 3.8) is 0 Å². The lowest BCUT2D eigenvalue weighted by atomic mass is 9.84.